The molecule has 1 heterocycles. The van der Waals surface area contributed by atoms with Crippen LogP contribution in [0.5, 0.6) is 5.75 Å². The van der Waals surface area contributed by atoms with Gasteiger partial charge in [-0.25, -0.2) is 4.98 Å². The van der Waals surface area contributed by atoms with Crippen molar-refractivity contribution in [3.8, 4) is 11.4 Å². The van der Waals surface area contributed by atoms with Crippen LogP contribution in [-0.4, -0.2) is 22.4 Å². The van der Waals surface area contributed by atoms with E-state index >= 15 is 0 Å². The number of hydrogen-bond acceptors (Lipinski definition) is 3. The number of methoxy groups -OCH3 is 1. The van der Waals surface area contributed by atoms with Gasteiger partial charge in [-0.1, -0.05) is 6.92 Å². The number of nitrogens with zero attached hydrogens (tertiary/aromatic N) is 2. The fourth-order valence-corrected chi connectivity index (χ4v) is 1.79. The number of carbonyl (C=O) groups excluding carboxylic acids is 1. The van der Waals surface area contributed by atoms with Crippen molar-refractivity contribution < 1.29 is 9.53 Å². The normalized spacial score (nSPS) is 10.4. The second-order valence-electron chi connectivity index (χ2n) is 4.07. The standard InChI is InChI=1S/C14H16N2O2/c1-4-12-8-16(9-15-12)13-6-5-11(10(2)17)7-14(13)18-3/h5-9H,4H2,1-3H3. The third-order valence-corrected chi connectivity index (χ3v) is 2.86. The Bertz CT molecular complexity index is 573. The summed E-state index contributed by atoms with van der Waals surface area (Å²) in [6.45, 7) is 3.60. The molecule has 0 bridgehead atoms. The maximum absolute atomic E-state index is 11.3. The van der Waals surface area contributed by atoms with E-state index in [0.29, 0.717) is 11.3 Å². The van der Waals surface area contributed by atoms with Crippen LogP contribution in [-0.2, 0) is 6.42 Å². The van der Waals surface area contributed by atoms with E-state index in [2.05, 4.69) is 11.9 Å². The van der Waals surface area contributed by atoms with E-state index < -0.39 is 0 Å². The number of carbonyl (C=O) groups is 1. The summed E-state index contributed by atoms with van der Waals surface area (Å²) >= 11 is 0. The lowest BCUT2D eigenvalue weighted by molar-refractivity contribution is 0.101. The van der Waals surface area contributed by atoms with E-state index in [0.717, 1.165) is 17.8 Å². The first kappa shape index (κ1) is 12.4. The van der Waals surface area contributed by atoms with Crippen molar-refractivity contribution in [1.29, 1.82) is 0 Å². The number of ether oxygens (including phenoxy) is 1. The van der Waals surface area contributed by atoms with Crippen LogP contribution in [0.2, 0.25) is 0 Å². The van der Waals surface area contributed by atoms with Crippen molar-refractivity contribution in [2.24, 2.45) is 0 Å². The summed E-state index contributed by atoms with van der Waals surface area (Å²) in [5, 5.41) is 0. The smallest absolute Gasteiger partial charge is 0.159 e. The number of ketones is 1. The van der Waals surface area contributed by atoms with Gasteiger partial charge in [-0.3, -0.25) is 4.79 Å². The van der Waals surface area contributed by atoms with E-state index in [1.54, 1.807) is 32.5 Å². The topological polar surface area (TPSA) is 44.1 Å². The lowest BCUT2D eigenvalue weighted by Crippen LogP contribution is -1.99. The average Bonchev–Trinajstić information content (AvgIpc) is 2.86. The van der Waals surface area contributed by atoms with Gasteiger partial charge < -0.3 is 9.30 Å². The minimum absolute atomic E-state index is 0.0275. The highest BCUT2D eigenvalue weighted by atomic mass is 16.5. The van der Waals surface area contributed by atoms with Crippen LogP contribution in [0.3, 0.4) is 0 Å². The molecule has 0 spiro atoms. The van der Waals surface area contributed by atoms with Gasteiger partial charge in [0, 0.05) is 11.8 Å². The fourth-order valence-electron chi connectivity index (χ4n) is 1.79. The third-order valence-electron chi connectivity index (χ3n) is 2.86. The van der Waals surface area contributed by atoms with Crippen LogP contribution in [0.1, 0.15) is 29.9 Å². The monoisotopic (exact) mass is 244 g/mol. The highest BCUT2D eigenvalue weighted by molar-refractivity contribution is 5.94. The van der Waals surface area contributed by atoms with Gasteiger partial charge >= 0.3 is 0 Å². The molecule has 0 radical (unpaired) electrons. The number of aromatic nitrogens is 2. The van der Waals surface area contributed by atoms with E-state index in [-0.39, 0.29) is 5.78 Å². The first-order valence-electron chi connectivity index (χ1n) is 5.88. The molecule has 2 aromatic rings. The Hall–Kier alpha value is -2.10. The Morgan fingerprint density at radius 2 is 2.22 bits per heavy atom. The van der Waals surface area contributed by atoms with Gasteiger partial charge in [0.25, 0.3) is 0 Å². The summed E-state index contributed by atoms with van der Waals surface area (Å²) in [5.74, 6) is 0.697. The molecular formula is C14H16N2O2. The van der Waals surface area contributed by atoms with E-state index in [1.165, 1.54) is 0 Å². The number of imidazole rings is 1. The SMILES string of the molecule is CCc1cn(-c2ccc(C(C)=O)cc2OC)cn1. The number of benzene rings is 1. The van der Waals surface area contributed by atoms with Crippen molar-refractivity contribution in [3.63, 3.8) is 0 Å². The van der Waals surface area contributed by atoms with Crippen molar-refractivity contribution in [1.82, 2.24) is 9.55 Å². The molecule has 94 valence electrons. The molecule has 4 nitrogen and oxygen atoms in total. The highest BCUT2D eigenvalue weighted by Crippen LogP contribution is 2.24. The number of hydrogen-bond donors (Lipinski definition) is 0. The maximum Gasteiger partial charge on any atom is 0.159 e. The van der Waals surface area contributed by atoms with E-state index in [1.807, 2.05) is 16.8 Å². The molecular weight excluding hydrogens is 228 g/mol. The van der Waals surface area contributed by atoms with Gasteiger partial charge in [0.05, 0.1) is 24.8 Å². The lowest BCUT2D eigenvalue weighted by atomic mass is 10.1. The fraction of sp³-hybridized carbons (Fsp3) is 0.286. The molecule has 0 unspecified atom stereocenters. The van der Waals surface area contributed by atoms with Gasteiger partial charge in [-0.2, -0.15) is 0 Å². The first-order valence-corrected chi connectivity index (χ1v) is 5.88. The molecule has 18 heavy (non-hydrogen) atoms. The van der Waals surface area contributed by atoms with Crippen molar-refractivity contribution in [2.45, 2.75) is 20.3 Å². The zero-order valence-electron chi connectivity index (χ0n) is 10.8. The molecule has 4 heteroatoms. The summed E-state index contributed by atoms with van der Waals surface area (Å²) in [4.78, 5) is 15.6. The molecule has 2 rings (SSSR count). The van der Waals surface area contributed by atoms with Crippen molar-refractivity contribution in [2.75, 3.05) is 7.11 Å². The second-order valence-corrected chi connectivity index (χ2v) is 4.07. The quantitative estimate of drug-likeness (QED) is 0.777. The Balaban J connectivity index is 2.47. The Morgan fingerprint density at radius 1 is 1.44 bits per heavy atom. The highest BCUT2D eigenvalue weighted by Gasteiger charge is 2.09. The first-order chi connectivity index (χ1) is 8.65. The molecule has 0 N–H and O–H groups in total. The van der Waals surface area contributed by atoms with Crippen LogP contribution >= 0.6 is 0 Å². The van der Waals surface area contributed by atoms with Crippen molar-refractivity contribution in [3.05, 3.63) is 42.0 Å². The molecule has 0 atom stereocenters. The molecule has 0 aliphatic heterocycles. The Morgan fingerprint density at radius 3 is 2.78 bits per heavy atom. The molecule has 0 aliphatic rings. The second kappa shape index (κ2) is 5.04. The maximum atomic E-state index is 11.3. The largest absolute Gasteiger partial charge is 0.495 e. The predicted molar refractivity (Wildman–Crippen MR) is 69.5 cm³/mol. The van der Waals surface area contributed by atoms with Crippen LogP contribution in [0, 0.1) is 0 Å². The summed E-state index contributed by atoms with van der Waals surface area (Å²) in [5.41, 5.74) is 2.55. The van der Waals surface area contributed by atoms with Gasteiger partial charge in [0.15, 0.2) is 5.78 Å². The number of aryl methyl sites for hydroxylation is 1. The van der Waals surface area contributed by atoms with Crippen molar-refractivity contribution >= 4 is 5.78 Å². The molecule has 1 aromatic carbocycles. The molecule has 0 amide bonds. The number of rotatable bonds is 4. The zero-order valence-corrected chi connectivity index (χ0v) is 10.8. The average molecular weight is 244 g/mol. The van der Waals surface area contributed by atoms with E-state index in [4.69, 9.17) is 4.74 Å². The summed E-state index contributed by atoms with van der Waals surface area (Å²) in [7, 11) is 1.60. The van der Waals surface area contributed by atoms with Gasteiger partial charge in [-0.05, 0) is 31.5 Å². The molecule has 0 saturated heterocycles. The Kier molecular flexibility index (Phi) is 3.46. The summed E-state index contributed by atoms with van der Waals surface area (Å²) in [6, 6.07) is 5.42. The predicted octanol–water partition coefficient (Wildman–Crippen LogP) is 2.65. The molecule has 0 fully saturated rings. The summed E-state index contributed by atoms with van der Waals surface area (Å²) < 4.78 is 7.24. The number of Topliss-reactive ketones (excluding diaryl/α,β-unsaturated/α-hetero) is 1. The molecule has 0 saturated carbocycles. The minimum atomic E-state index is 0.0275. The lowest BCUT2D eigenvalue weighted by Gasteiger charge is -2.10. The van der Waals surface area contributed by atoms with Gasteiger partial charge in [-0.15, -0.1) is 0 Å². The van der Waals surface area contributed by atoms with Crippen LogP contribution in [0.15, 0.2) is 30.7 Å². The van der Waals surface area contributed by atoms with Crippen LogP contribution in [0.4, 0.5) is 0 Å². The van der Waals surface area contributed by atoms with Gasteiger partial charge in [0.1, 0.15) is 5.75 Å². The molecule has 0 aliphatic carbocycles. The Labute approximate surface area is 106 Å². The van der Waals surface area contributed by atoms with Crippen LogP contribution in [0.25, 0.3) is 5.69 Å². The summed E-state index contributed by atoms with van der Waals surface area (Å²) in [6.07, 6.45) is 4.61. The van der Waals surface area contributed by atoms with Crippen LogP contribution < -0.4 is 4.74 Å². The third kappa shape index (κ3) is 2.27. The van der Waals surface area contributed by atoms with E-state index in [9.17, 15) is 4.79 Å². The minimum Gasteiger partial charge on any atom is -0.495 e. The van der Waals surface area contributed by atoms with Gasteiger partial charge in [0.2, 0.25) is 0 Å². The zero-order chi connectivity index (χ0) is 13.1. The molecule has 1 aromatic heterocycles.